The smallest absolute Gasteiger partial charge is 0.0173 e. The van der Waals surface area contributed by atoms with Crippen LogP contribution in [0, 0.1) is 61.1 Å². The van der Waals surface area contributed by atoms with Gasteiger partial charge in [-0.2, -0.15) is 0 Å². The van der Waals surface area contributed by atoms with Crippen molar-refractivity contribution in [3.05, 3.63) is 58.2 Å². The SMILES string of the molecule is C.CC(C)(C)C1=CCCCC1.CC(C)(C)C1=CCCNCC1.CC(C)(C)C1=CCNC1.CC(C)(C)C1=CCNCC1.CC(C)(C)C1=CCNCCC1.CC(C)(C)C1CCCNC1.CC(C)(C)C1CCNC1.CC(C)(C)C1CCNCC1. The van der Waals surface area contributed by atoms with Crippen molar-refractivity contribution < 1.29 is 0 Å². The average Bonchev–Trinajstić information content (AvgIpc) is 3.99. The first-order valence-electron chi connectivity index (χ1n) is 33.3. The first kappa shape index (κ1) is 79.4. The molecule has 3 fully saturated rings. The van der Waals surface area contributed by atoms with Gasteiger partial charge >= 0.3 is 0 Å². The Morgan fingerprint density at radius 3 is 1.00 bits per heavy atom. The summed E-state index contributed by atoms with van der Waals surface area (Å²) in [4.78, 5) is 0. The van der Waals surface area contributed by atoms with Crippen LogP contribution in [-0.2, 0) is 0 Å². The van der Waals surface area contributed by atoms with E-state index >= 15 is 0 Å². The number of rotatable bonds is 0. The van der Waals surface area contributed by atoms with E-state index in [-0.39, 0.29) is 7.43 Å². The van der Waals surface area contributed by atoms with Gasteiger partial charge in [0.1, 0.15) is 0 Å². The zero-order valence-electron chi connectivity index (χ0n) is 58.4. The molecule has 0 aromatic heterocycles. The summed E-state index contributed by atoms with van der Waals surface area (Å²) in [7, 11) is 0. The molecule has 7 aliphatic heterocycles. The minimum absolute atomic E-state index is 0. The molecule has 0 amide bonds. The Morgan fingerprint density at radius 2 is 0.642 bits per heavy atom. The van der Waals surface area contributed by atoms with Crippen LogP contribution in [0.1, 0.15) is 263 Å². The van der Waals surface area contributed by atoms with Crippen LogP contribution in [0.4, 0.5) is 0 Å². The molecule has 0 saturated carbocycles. The molecule has 2 atom stereocenters. The summed E-state index contributed by atoms with van der Waals surface area (Å²) >= 11 is 0. The van der Waals surface area contributed by atoms with Crippen LogP contribution in [0.2, 0.25) is 0 Å². The van der Waals surface area contributed by atoms with Crippen molar-refractivity contribution in [3.63, 3.8) is 0 Å². The zero-order valence-corrected chi connectivity index (χ0v) is 58.4. The molecule has 3 saturated heterocycles. The lowest BCUT2D eigenvalue weighted by Crippen LogP contribution is -2.36. The van der Waals surface area contributed by atoms with E-state index in [0.29, 0.717) is 43.3 Å². The summed E-state index contributed by atoms with van der Waals surface area (Å²) in [5, 5.41) is 23.6. The largest absolute Gasteiger partial charge is 0.317 e. The Kier molecular flexibility index (Phi) is 37.8. The Balaban J connectivity index is 0.000000902. The van der Waals surface area contributed by atoms with Crippen LogP contribution in [0.25, 0.3) is 0 Å². The normalized spacial score (nSPS) is 22.5. The highest BCUT2D eigenvalue weighted by molar-refractivity contribution is 5.18. The number of hydrogen-bond acceptors (Lipinski definition) is 7. The van der Waals surface area contributed by atoms with Crippen molar-refractivity contribution in [2.45, 2.75) is 263 Å². The van der Waals surface area contributed by atoms with Gasteiger partial charge in [-0.15, -0.1) is 0 Å². The van der Waals surface area contributed by atoms with Crippen molar-refractivity contribution in [3.8, 4) is 0 Å². The van der Waals surface area contributed by atoms with Crippen LogP contribution in [0.5, 0.6) is 0 Å². The average molecular weight is 1140 g/mol. The van der Waals surface area contributed by atoms with Gasteiger partial charge in [0.2, 0.25) is 0 Å². The highest BCUT2D eigenvalue weighted by Gasteiger charge is 2.28. The second kappa shape index (κ2) is 38.6. The third-order valence-electron chi connectivity index (χ3n) is 17.9. The van der Waals surface area contributed by atoms with Gasteiger partial charge in [-0.1, -0.05) is 232 Å². The molecule has 0 spiro atoms. The molecular formula is C74H147N7. The fraction of sp³-hybridized carbons (Fsp3) is 0.865. The second-order valence-electron chi connectivity index (χ2n) is 33.2. The topological polar surface area (TPSA) is 84.2 Å². The Labute approximate surface area is 509 Å². The van der Waals surface area contributed by atoms with E-state index in [4.69, 9.17) is 0 Å². The highest BCUT2D eigenvalue weighted by Crippen LogP contribution is 2.35. The predicted molar refractivity (Wildman–Crippen MR) is 368 cm³/mol. The lowest BCUT2D eigenvalue weighted by atomic mass is 9.76. The van der Waals surface area contributed by atoms with Crippen LogP contribution in [-0.4, -0.2) is 91.6 Å². The number of nitrogens with one attached hydrogen (secondary N) is 7. The minimum atomic E-state index is 0. The Bertz CT molecular complexity index is 1670. The third kappa shape index (κ3) is 37.6. The molecule has 8 aliphatic rings. The van der Waals surface area contributed by atoms with E-state index < -0.39 is 0 Å². The molecule has 0 aromatic rings. The maximum Gasteiger partial charge on any atom is 0.0173 e. The summed E-state index contributed by atoms with van der Waals surface area (Å²) in [6.07, 6.45) is 30.4. The van der Waals surface area contributed by atoms with Gasteiger partial charge in [-0.05, 0) is 216 Å². The first-order valence-corrected chi connectivity index (χ1v) is 33.3. The van der Waals surface area contributed by atoms with Gasteiger partial charge in [0.25, 0.3) is 0 Å². The zero-order chi connectivity index (χ0) is 60.9. The van der Waals surface area contributed by atoms with Crippen molar-refractivity contribution in [1.82, 2.24) is 37.2 Å². The summed E-state index contributed by atoms with van der Waals surface area (Å²) in [6.45, 7) is 71.6. The third-order valence-corrected chi connectivity index (χ3v) is 17.9. The summed E-state index contributed by atoms with van der Waals surface area (Å²) in [6, 6.07) is 0. The number of allylic oxidation sites excluding steroid dienone is 3. The summed E-state index contributed by atoms with van der Waals surface area (Å²) < 4.78 is 0. The van der Waals surface area contributed by atoms with E-state index in [1.54, 1.807) is 27.9 Å². The van der Waals surface area contributed by atoms with Crippen LogP contribution in [0.3, 0.4) is 0 Å². The Morgan fingerprint density at radius 1 is 0.284 bits per heavy atom. The van der Waals surface area contributed by atoms with Gasteiger partial charge in [0.05, 0.1) is 0 Å². The molecule has 0 aromatic carbocycles. The van der Waals surface area contributed by atoms with E-state index in [1.807, 2.05) is 0 Å². The molecule has 0 bridgehead atoms. The van der Waals surface area contributed by atoms with Gasteiger partial charge in [-0.25, -0.2) is 0 Å². The van der Waals surface area contributed by atoms with Gasteiger partial charge in [-0.3, -0.25) is 0 Å². The second-order valence-corrected chi connectivity index (χ2v) is 33.2. The minimum Gasteiger partial charge on any atom is -0.317 e. The fourth-order valence-corrected chi connectivity index (χ4v) is 11.5. The lowest BCUT2D eigenvalue weighted by molar-refractivity contribution is 0.188. The Hall–Kier alpha value is -1.58. The first-order chi connectivity index (χ1) is 36.8. The van der Waals surface area contributed by atoms with Gasteiger partial charge in [0, 0.05) is 26.2 Å². The number of piperidine rings is 2. The van der Waals surface area contributed by atoms with Crippen molar-refractivity contribution in [2.24, 2.45) is 61.1 Å². The molecule has 7 nitrogen and oxygen atoms in total. The molecule has 7 heteroatoms. The number of hydrogen-bond donors (Lipinski definition) is 7. The highest BCUT2D eigenvalue weighted by atomic mass is 14.9. The standard InChI is InChI=1S/2C10H19N.C10H18.C9H19N.C9H17N.C9H19N.C8H17N.C8H15N.CH4/c2*1-10(2,3)9-5-4-7-11-8-6-9;1-10(2,3)9-7-5-4-6-8-9;2*1-9(2,3)8-4-6-10-7-5-8;1-9(2,3)8-5-4-6-10-7-8;2*1-8(2,3)7-4-5-9-6-7;/h6,11H,4-5,7-8H2,1-3H3;5,11H,4,6-8H2,1-3H3;7H,4-6,8H2,1-3H3;8,10H,4-7H2,1-3H3;4,10H,5-7H2,1-3H3;8,10H,4-7H2,1-3H3;7,9H,4-6H2,1-3H3;4,9H,5-6H2,1-3H3;1H4. The van der Waals surface area contributed by atoms with Crippen molar-refractivity contribution in [1.29, 1.82) is 0 Å². The molecule has 7 N–H and O–H groups in total. The molecule has 1 aliphatic carbocycles. The summed E-state index contributed by atoms with van der Waals surface area (Å²) in [5.41, 5.74) is 11.6. The maximum absolute atomic E-state index is 3.44. The fourth-order valence-electron chi connectivity index (χ4n) is 11.5. The molecule has 2 unspecified atom stereocenters. The monoisotopic (exact) mass is 1130 g/mol. The molecule has 478 valence electrons. The van der Waals surface area contributed by atoms with E-state index in [1.165, 1.54) is 136 Å². The van der Waals surface area contributed by atoms with E-state index in [0.717, 1.165) is 63.6 Å². The van der Waals surface area contributed by atoms with Gasteiger partial charge < -0.3 is 37.2 Å². The maximum atomic E-state index is 3.44. The molecule has 81 heavy (non-hydrogen) atoms. The quantitative estimate of drug-likeness (QED) is 0.122. The van der Waals surface area contributed by atoms with Crippen molar-refractivity contribution >= 4 is 0 Å². The van der Waals surface area contributed by atoms with E-state index in [9.17, 15) is 0 Å². The lowest BCUT2D eigenvalue weighted by Gasteiger charge is -2.34. The van der Waals surface area contributed by atoms with Gasteiger partial charge in [0.15, 0.2) is 0 Å². The molecule has 7 heterocycles. The molecule has 0 radical (unpaired) electrons. The van der Waals surface area contributed by atoms with Crippen LogP contribution < -0.4 is 37.2 Å². The molecule has 8 rings (SSSR count). The molecular weight excluding hydrogens is 987 g/mol. The van der Waals surface area contributed by atoms with Crippen molar-refractivity contribution in [2.75, 3.05) is 91.6 Å². The van der Waals surface area contributed by atoms with Crippen LogP contribution in [0.15, 0.2) is 58.2 Å². The summed E-state index contributed by atoms with van der Waals surface area (Å²) in [5.74, 6) is 2.73. The predicted octanol–water partition coefficient (Wildman–Crippen LogP) is 18.1. The van der Waals surface area contributed by atoms with Crippen LogP contribution >= 0.6 is 0 Å². The van der Waals surface area contributed by atoms with E-state index in [2.05, 4.69) is 234 Å².